The van der Waals surface area contributed by atoms with Crippen molar-refractivity contribution in [1.29, 1.82) is 0 Å². The van der Waals surface area contributed by atoms with Crippen LogP contribution in [-0.4, -0.2) is 31.8 Å². The highest BCUT2D eigenvalue weighted by molar-refractivity contribution is 5.85. The molecule has 0 aliphatic carbocycles. The second kappa shape index (κ2) is 9.75. The molecule has 0 spiro atoms. The van der Waals surface area contributed by atoms with Gasteiger partial charge in [0.05, 0.1) is 0 Å². The molecule has 1 aromatic carbocycles. The molecule has 0 heterocycles. The van der Waals surface area contributed by atoms with Gasteiger partial charge >= 0.3 is 6.18 Å². The van der Waals surface area contributed by atoms with Crippen LogP contribution in [0.5, 0.6) is 0 Å². The van der Waals surface area contributed by atoms with Crippen molar-refractivity contribution in [1.82, 2.24) is 5.32 Å². The highest BCUT2D eigenvalue weighted by Crippen LogP contribution is 2.17. The van der Waals surface area contributed by atoms with Gasteiger partial charge in [0.15, 0.2) is 0 Å². The summed E-state index contributed by atoms with van der Waals surface area (Å²) in [5, 5.41) is 2.45. The Balaban J connectivity index is 0.00000484. The monoisotopic (exact) mass is 354 g/mol. The summed E-state index contributed by atoms with van der Waals surface area (Å²) < 4.78 is 39.8. The Bertz CT molecular complexity index is 479. The van der Waals surface area contributed by atoms with Crippen LogP contribution in [0.1, 0.15) is 36.9 Å². The number of rotatable bonds is 7. The Morgan fingerprint density at radius 3 is 2.22 bits per heavy atom. The van der Waals surface area contributed by atoms with Crippen molar-refractivity contribution < 1.29 is 22.7 Å². The number of nitrogens with two attached hydrogens (primary N) is 1. The van der Waals surface area contributed by atoms with E-state index in [1.165, 1.54) is 5.56 Å². The van der Waals surface area contributed by atoms with E-state index in [9.17, 15) is 18.0 Å². The quantitative estimate of drug-likeness (QED) is 0.791. The fourth-order valence-corrected chi connectivity index (χ4v) is 1.78. The van der Waals surface area contributed by atoms with Crippen LogP contribution in [0.25, 0.3) is 0 Å². The Morgan fingerprint density at radius 2 is 1.74 bits per heavy atom. The van der Waals surface area contributed by atoms with Crippen molar-refractivity contribution in [3.05, 3.63) is 35.4 Å². The number of hydrogen-bond acceptors (Lipinski definition) is 3. The number of halogens is 4. The Kier molecular flexibility index (Phi) is 9.19. The van der Waals surface area contributed by atoms with Crippen molar-refractivity contribution in [2.75, 3.05) is 19.8 Å². The van der Waals surface area contributed by atoms with E-state index in [4.69, 9.17) is 5.73 Å². The highest BCUT2D eigenvalue weighted by Gasteiger charge is 2.27. The van der Waals surface area contributed by atoms with Crippen LogP contribution < -0.4 is 11.1 Å². The second-order valence-electron chi connectivity index (χ2n) is 5.34. The third-order valence-electron chi connectivity index (χ3n) is 3.05. The van der Waals surface area contributed by atoms with Gasteiger partial charge in [0.25, 0.3) is 0 Å². The van der Waals surface area contributed by atoms with E-state index >= 15 is 0 Å². The van der Waals surface area contributed by atoms with Gasteiger partial charge in [-0.3, -0.25) is 4.79 Å². The van der Waals surface area contributed by atoms with Gasteiger partial charge in [-0.25, -0.2) is 0 Å². The summed E-state index contributed by atoms with van der Waals surface area (Å²) in [5.74, 6) is -0.214. The first-order chi connectivity index (χ1) is 10.2. The standard InChI is InChI=1S/C15H21F3N2O2.ClH/c1-10(2)11-3-5-12(6-4-11)13(19)7-20-14(21)8-22-9-15(16,17)18;/h3-6,10,13H,7-9,19H2,1-2H3,(H,20,21);1H. The predicted octanol–water partition coefficient (Wildman–Crippen LogP) is 2.93. The van der Waals surface area contributed by atoms with Gasteiger partial charge in [-0.2, -0.15) is 13.2 Å². The zero-order valence-electron chi connectivity index (χ0n) is 13.0. The summed E-state index contributed by atoms with van der Waals surface area (Å²) >= 11 is 0. The summed E-state index contributed by atoms with van der Waals surface area (Å²) in [6, 6.07) is 7.27. The first kappa shape index (κ1) is 21.7. The lowest BCUT2D eigenvalue weighted by atomic mass is 9.99. The summed E-state index contributed by atoms with van der Waals surface area (Å²) in [7, 11) is 0. The van der Waals surface area contributed by atoms with Crippen molar-refractivity contribution >= 4 is 18.3 Å². The first-order valence-corrected chi connectivity index (χ1v) is 6.95. The van der Waals surface area contributed by atoms with E-state index in [0.717, 1.165) is 5.56 Å². The van der Waals surface area contributed by atoms with Crippen LogP contribution in [0.3, 0.4) is 0 Å². The minimum absolute atomic E-state index is 0. The number of ether oxygens (including phenoxy) is 1. The molecule has 1 amide bonds. The largest absolute Gasteiger partial charge is 0.411 e. The molecule has 23 heavy (non-hydrogen) atoms. The number of nitrogens with one attached hydrogen (secondary N) is 1. The van der Waals surface area contributed by atoms with Crippen LogP contribution in [0, 0.1) is 0 Å². The maximum Gasteiger partial charge on any atom is 0.411 e. The third kappa shape index (κ3) is 8.78. The average Bonchev–Trinajstić information content (AvgIpc) is 2.43. The number of carbonyl (C=O) groups excluding carboxylic acids is 1. The molecule has 8 heteroatoms. The van der Waals surface area contributed by atoms with Gasteiger partial charge < -0.3 is 15.8 Å². The zero-order valence-corrected chi connectivity index (χ0v) is 13.8. The van der Waals surface area contributed by atoms with Gasteiger partial charge in [-0.05, 0) is 17.0 Å². The molecule has 4 nitrogen and oxygen atoms in total. The number of alkyl halides is 3. The predicted molar refractivity (Wildman–Crippen MR) is 84.6 cm³/mol. The van der Waals surface area contributed by atoms with Gasteiger partial charge in [0.2, 0.25) is 5.91 Å². The normalized spacial score (nSPS) is 12.7. The molecule has 0 aromatic heterocycles. The van der Waals surface area contributed by atoms with Crippen LogP contribution in [0.4, 0.5) is 13.2 Å². The molecule has 0 fully saturated rings. The topological polar surface area (TPSA) is 64.3 Å². The van der Waals surface area contributed by atoms with Gasteiger partial charge in [-0.15, -0.1) is 12.4 Å². The van der Waals surface area contributed by atoms with E-state index in [-0.39, 0.29) is 19.0 Å². The number of benzene rings is 1. The summed E-state index contributed by atoms with van der Waals surface area (Å²) in [5.41, 5.74) is 7.96. The lowest BCUT2D eigenvalue weighted by Crippen LogP contribution is -2.35. The van der Waals surface area contributed by atoms with E-state index in [1.807, 2.05) is 24.3 Å². The summed E-state index contributed by atoms with van der Waals surface area (Å²) in [4.78, 5) is 11.3. The van der Waals surface area contributed by atoms with Crippen LogP contribution >= 0.6 is 12.4 Å². The second-order valence-corrected chi connectivity index (χ2v) is 5.34. The van der Waals surface area contributed by atoms with E-state index in [1.54, 1.807) is 0 Å². The van der Waals surface area contributed by atoms with E-state index in [2.05, 4.69) is 23.9 Å². The molecule has 0 saturated heterocycles. The molecule has 0 bridgehead atoms. The molecule has 1 rings (SSSR count). The Hall–Kier alpha value is -1.31. The minimum Gasteiger partial charge on any atom is -0.362 e. The van der Waals surface area contributed by atoms with E-state index in [0.29, 0.717) is 5.92 Å². The highest BCUT2D eigenvalue weighted by atomic mass is 35.5. The van der Waals surface area contributed by atoms with Crippen LogP contribution in [-0.2, 0) is 9.53 Å². The lowest BCUT2D eigenvalue weighted by molar-refractivity contribution is -0.175. The molecule has 0 aliphatic rings. The minimum atomic E-state index is -4.44. The smallest absolute Gasteiger partial charge is 0.362 e. The fraction of sp³-hybridized carbons (Fsp3) is 0.533. The molecule has 0 radical (unpaired) electrons. The zero-order chi connectivity index (χ0) is 16.8. The average molecular weight is 355 g/mol. The molecule has 3 N–H and O–H groups in total. The summed E-state index contributed by atoms with van der Waals surface area (Å²) in [6.07, 6.45) is -4.44. The van der Waals surface area contributed by atoms with Gasteiger partial charge in [-0.1, -0.05) is 38.1 Å². The van der Waals surface area contributed by atoms with Crippen LogP contribution in [0.15, 0.2) is 24.3 Å². The molecular weight excluding hydrogens is 333 g/mol. The number of hydrogen-bond donors (Lipinski definition) is 2. The lowest BCUT2D eigenvalue weighted by Gasteiger charge is -2.15. The van der Waals surface area contributed by atoms with Crippen molar-refractivity contribution in [3.63, 3.8) is 0 Å². The van der Waals surface area contributed by atoms with Crippen LogP contribution in [0.2, 0.25) is 0 Å². The molecule has 0 saturated carbocycles. The first-order valence-electron chi connectivity index (χ1n) is 6.95. The molecule has 1 unspecified atom stereocenters. The summed E-state index contributed by atoms with van der Waals surface area (Å²) in [6.45, 7) is 2.21. The van der Waals surface area contributed by atoms with Crippen molar-refractivity contribution in [2.45, 2.75) is 32.0 Å². The number of amides is 1. The Labute approximate surface area is 140 Å². The van der Waals surface area contributed by atoms with Gasteiger partial charge in [0, 0.05) is 12.6 Å². The fourth-order valence-electron chi connectivity index (χ4n) is 1.78. The Morgan fingerprint density at radius 1 is 1.22 bits per heavy atom. The van der Waals surface area contributed by atoms with E-state index < -0.39 is 31.3 Å². The SMILES string of the molecule is CC(C)c1ccc(C(N)CNC(=O)COCC(F)(F)F)cc1.Cl. The molecule has 1 atom stereocenters. The maximum absolute atomic E-state index is 11.9. The van der Waals surface area contributed by atoms with Crippen molar-refractivity contribution in [2.24, 2.45) is 5.73 Å². The van der Waals surface area contributed by atoms with Crippen molar-refractivity contribution in [3.8, 4) is 0 Å². The maximum atomic E-state index is 11.9. The molecular formula is C15H22ClF3N2O2. The third-order valence-corrected chi connectivity index (χ3v) is 3.05. The van der Waals surface area contributed by atoms with Gasteiger partial charge in [0.1, 0.15) is 13.2 Å². The molecule has 132 valence electrons. The number of carbonyl (C=O) groups is 1. The molecule has 0 aliphatic heterocycles. The molecule has 1 aromatic rings.